The highest BCUT2D eigenvalue weighted by atomic mass is 16.3. The zero-order valence-corrected chi connectivity index (χ0v) is 9.35. The molecule has 4 heteroatoms. The first-order chi connectivity index (χ1) is 8.25. The Bertz CT molecular complexity index is 492. The van der Waals surface area contributed by atoms with E-state index in [0.717, 1.165) is 11.1 Å². The highest BCUT2D eigenvalue weighted by molar-refractivity contribution is 5.80. The molecule has 0 saturated carbocycles. The van der Waals surface area contributed by atoms with Gasteiger partial charge in [0.25, 0.3) is 0 Å². The van der Waals surface area contributed by atoms with Crippen LogP contribution in [-0.2, 0) is 17.8 Å². The number of hydrogen-bond donors (Lipinski definition) is 2. The average molecular weight is 230 g/mol. The first-order valence-electron chi connectivity index (χ1n) is 5.37. The number of nitrogens with one attached hydrogen (secondary N) is 1. The van der Waals surface area contributed by atoms with E-state index < -0.39 is 0 Å². The van der Waals surface area contributed by atoms with E-state index in [4.69, 9.17) is 10.2 Å². The third-order valence-electron chi connectivity index (χ3n) is 2.48. The largest absolute Gasteiger partial charge is 0.472 e. The fraction of sp³-hybridized carbons (Fsp3) is 0.154. The van der Waals surface area contributed by atoms with Crippen LogP contribution in [0.4, 0.5) is 5.69 Å². The Hall–Kier alpha value is -2.23. The number of para-hydroxylation sites is 1. The SMILES string of the molecule is Nc1ccccc1CC(=O)NCc1ccoc1. The molecule has 1 amide bonds. The van der Waals surface area contributed by atoms with Gasteiger partial charge < -0.3 is 15.5 Å². The van der Waals surface area contributed by atoms with Crippen LogP contribution in [0.5, 0.6) is 0 Å². The number of anilines is 1. The fourth-order valence-electron chi connectivity index (χ4n) is 1.52. The molecular weight excluding hydrogens is 216 g/mol. The number of hydrogen-bond acceptors (Lipinski definition) is 3. The van der Waals surface area contributed by atoms with Gasteiger partial charge >= 0.3 is 0 Å². The Morgan fingerprint density at radius 2 is 2.12 bits per heavy atom. The van der Waals surface area contributed by atoms with Gasteiger partial charge in [-0.25, -0.2) is 0 Å². The molecule has 1 aromatic carbocycles. The second kappa shape index (κ2) is 5.21. The molecule has 0 atom stereocenters. The van der Waals surface area contributed by atoms with Crippen LogP contribution in [0.25, 0.3) is 0 Å². The van der Waals surface area contributed by atoms with Gasteiger partial charge in [-0.1, -0.05) is 18.2 Å². The molecule has 0 aliphatic carbocycles. The number of carbonyl (C=O) groups excluding carboxylic acids is 1. The van der Waals surface area contributed by atoms with Gasteiger partial charge in [0.1, 0.15) is 0 Å². The lowest BCUT2D eigenvalue weighted by Gasteiger charge is -2.06. The van der Waals surface area contributed by atoms with Crippen molar-refractivity contribution in [3.63, 3.8) is 0 Å². The number of carbonyl (C=O) groups is 1. The van der Waals surface area contributed by atoms with Crippen LogP contribution < -0.4 is 11.1 Å². The molecule has 17 heavy (non-hydrogen) atoms. The number of benzene rings is 1. The number of nitrogens with two attached hydrogens (primary N) is 1. The van der Waals surface area contributed by atoms with Crippen molar-refractivity contribution < 1.29 is 9.21 Å². The zero-order valence-electron chi connectivity index (χ0n) is 9.35. The zero-order chi connectivity index (χ0) is 12.1. The van der Waals surface area contributed by atoms with Crippen molar-refractivity contribution in [3.8, 4) is 0 Å². The number of nitrogen functional groups attached to an aromatic ring is 1. The number of amides is 1. The highest BCUT2D eigenvalue weighted by Crippen LogP contribution is 2.10. The summed E-state index contributed by atoms with van der Waals surface area (Å²) >= 11 is 0. The maximum atomic E-state index is 11.7. The van der Waals surface area contributed by atoms with E-state index in [-0.39, 0.29) is 5.91 Å². The van der Waals surface area contributed by atoms with Gasteiger partial charge in [0.15, 0.2) is 0 Å². The molecule has 0 aliphatic rings. The third kappa shape index (κ3) is 3.11. The topological polar surface area (TPSA) is 68.3 Å². The minimum absolute atomic E-state index is 0.0518. The number of rotatable bonds is 4. The molecule has 2 rings (SSSR count). The average Bonchev–Trinajstić information content (AvgIpc) is 2.82. The van der Waals surface area contributed by atoms with Crippen molar-refractivity contribution in [2.24, 2.45) is 0 Å². The summed E-state index contributed by atoms with van der Waals surface area (Å²) in [4.78, 5) is 11.7. The monoisotopic (exact) mass is 230 g/mol. The summed E-state index contributed by atoms with van der Waals surface area (Å²) in [6, 6.07) is 9.18. The van der Waals surface area contributed by atoms with E-state index in [1.807, 2.05) is 24.3 Å². The van der Waals surface area contributed by atoms with Gasteiger partial charge in [0, 0.05) is 17.8 Å². The van der Waals surface area contributed by atoms with Gasteiger partial charge in [0.05, 0.1) is 18.9 Å². The van der Waals surface area contributed by atoms with Crippen LogP contribution in [0, 0.1) is 0 Å². The maximum Gasteiger partial charge on any atom is 0.224 e. The van der Waals surface area contributed by atoms with Crippen LogP contribution in [0.2, 0.25) is 0 Å². The summed E-state index contributed by atoms with van der Waals surface area (Å²) in [6.45, 7) is 0.474. The first-order valence-corrected chi connectivity index (χ1v) is 5.37. The van der Waals surface area contributed by atoms with Crippen molar-refractivity contribution >= 4 is 11.6 Å². The molecule has 0 fully saturated rings. The second-order valence-electron chi connectivity index (χ2n) is 3.78. The molecule has 0 radical (unpaired) electrons. The minimum Gasteiger partial charge on any atom is -0.472 e. The molecule has 1 aromatic heterocycles. The second-order valence-corrected chi connectivity index (χ2v) is 3.78. The summed E-state index contributed by atoms with van der Waals surface area (Å²) in [5.74, 6) is -0.0518. The predicted molar refractivity (Wildman–Crippen MR) is 65.1 cm³/mol. The smallest absolute Gasteiger partial charge is 0.224 e. The van der Waals surface area contributed by atoms with Gasteiger partial charge in [-0.05, 0) is 17.7 Å². The Balaban J connectivity index is 1.87. The molecule has 0 unspecified atom stereocenters. The summed E-state index contributed by atoms with van der Waals surface area (Å²) in [6.07, 6.45) is 3.48. The van der Waals surface area contributed by atoms with Gasteiger partial charge in [-0.15, -0.1) is 0 Å². The van der Waals surface area contributed by atoms with E-state index in [0.29, 0.717) is 18.7 Å². The highest BCUT2D eigenvalue weighted by Gasteiger charge is 2.05. The Morgan fingerprint density at radius 1 is 1.29 bits per heavy atom. The fourth-order valence-corrected chi connectivity index (χ4v) is 1.52. The van der Waals surface area contributed by atoms with Crippen LogP contribution >= 0.6 is 0 Å². The lowest BCUT2D eigenvalue weighted by Crippen LogP contribution is -2.24. The maximum absolute atomic E-state index is 11.7. The molecule has 4 nitrogen and oxygen atoms in total. The van der Waals surface area contributed by atoms with Crippen LogP contribution in [-0.4, -0.2) is 5.91 Å². The molecule has 0 aliphatic heterocycles. The van der Waals surface area contributed by atoms with Gasteiger partial charge in [-0.3, -0.25) is 4.79 Å². The Labute approximate surface area is 99.4 Å². The molecule has 0 saturated heterocycles. The summed E-state index contributed by atoms with van der Waals surface area (Å²) in [7, 11) is 0. The molecule has 2 aromatic rings. The van der Waals surface area contributed by atoms with Gasteiger partial charge in [-0.2, -0.15) is 0 Å². The van der Waals surface area contributed by atoms with Crippen LogP contribution in [0.3, 0.4) is 0 Å². The first kappa shape index (κ1) is 11.3. The van der Waals surface area contributed by atoms with Gasteiger partial charge in [0.2, 0.25) is 5.91 Å². The molecule has 0 spiro atoms. The van der Waals surface area contributed by atoms with Crippen molar-refractivity contribution in [1.82, 2.24) is 5.32 Å². The Morgan fingerprint density at radius 3 is 2.82 bits per heavy atom. The summed E-state index contributed by atoms with van der Waals surface area (Å²) in [5.41, 5.74) is 8.20. The van der Waals surface area contributed by atoms with E-state index in [2.05, 4.69) is 5.32 Å². The lowest BCUT2D eigenvalue weighted by atomic mass is 10.1. The lowest BCUT2D eigenvalue weighted by molar-refractivity contribution is -0.120. The summed E-state index contributed by atoms with van der Waals surface area (Å²) < 4.78 is 4.91. The predicted octanol–water partition coefficient (Wildman–Crippen LogP) is 1.72. The van der Waals surface area contributed by atoms with Crippen molar-refractivity contribution in [2.75, 3.05) is 5.73 Å². The molecule has 0 bridgehead atoms. The molecule has 3 N–H and O–H groups in total. The van der Waals surface area contributed by atoms with E-state index >= 15 is 0 Å². The van der Waals surface area contributed by atoms with E-state index in [1.54, 1.807) is 18.6 Å². The molecule has 88 valence electrons. The molecular formula is C13H14N2O2. The normalized spacial score (nSPS) is 10.1. The minimum atomic E-state index is -0.0518. The van der Waals surface area contributed by atoms with Crippen molar-refractivity contribution in [1.29, 1.82) is 0 Å². The van der Waals surface area contributed by atoms with Crippen molar-refractivity contribution in [2.45, 2.75) is 13.0 Å². The quantitative estimate of drug-likeness (QED) is 0.786. The third-order valence-corrected chi connectivity index (χ3v) is 2.48. The van der Waals surface area contributed by atoms with Crippen molar-refractivity contribution in [3.05, 3.63) is 54.0 Å². The number of furan rings is 1. The van der Waals surface area contributed by atoms with E-state index in [1.165, 1.54) is 0 Å². The molecule has 1 heterocycles. The standard InChI is InChI=1S/C13H14N2O2/c14-12-4-2-1-3-11(12)7-13(16)15-8-10-5-6-17-9-10/h1-6,9H,7-8,14H2,(H,15,16). The van der Waals surface area contributed by atoms with E-state index in [9.17, 15) is 4.79 Å². The van der Waals surface area contributed by atoms with Crippen LogP contribution in [0.15, 0.2) is 47.3 Å². The Kier molecular flexibility index (Phi) is 3.45. The van der Waals surface area contributed by atoms with Crippen LogP contribution in [0.1, 0.15) is 11.1 Å². The summed E-state index contributed by atoms with van der Waals surface area (Å²) in [5, 5.41) is 2.81.